The van der Waals surface area contributed by atoms with Gasteiger partial charge in [-0.2, -0.15) is 5.26 Å². The minimum Gasteiger partial charge on any atom is -0.444 e. The highest BCUT2D eigenvalue weighted by atomic mass is 16.6. The van der Waals surface area contributed by atoms with Gasteiger partial charge in [0, 0.05) is 18.1 Å². The fraction of sp³-hybridized carbons (Fsp3) is 0.529. The molecule has 1 aromatic rings. The molecule has 1 aliphatic rings. The van der Waals surface area contributed by atoms with Gasteiger partial charge in [-0.15, -0.1) is 0 Å². The Morgan fingerprint density at radius 1 is 1.32 bits per heavy atom. The zero-order valence-corrected chi connectivity index (χ0v) is 13.5. The van der Waals surface area contributed by atoms with Crippen LogP contribution in [0.5, 0.6) is 0 Å². The predicted molar refractivity (Wildman–Crippen MR) is 84.3 cm³/mol. The van der Waals surface area contributed by atoms with E-state index in [1.165, 1.54) is 0 Å². The predicted octanol–water partition coefficient (Wildman–Crippen LogP) is 2.87. The topological polar surface area (TPSA) is 74.2 Å². The third-order valence-electron chi connectivity index (χ3n) is 3.50. The van der Waals surface area contributed by atoms with Gasteiger partial charge >= 0.3 is 6.09 Å². The number of carbonyl (C=O) groups excluding carboxylic acids is 1. The average Bonchev–Trinajstić information content (AvgIpc) is 3.14. The monoisotopic (exact) mass is 301 g/mol. The van der Waals surface area contributed by atoms with E-state index in [-0.39, 0.29) is 24.2 Å². The van der Waals surface area contributed by atoms with E-state index in [4.69, 9.17) is 10.00 Å². The highest BCUT2D eigenvalue weighted by molar-refractivity contribution is 5.68. The number of nitriles is 1. The van der Waals surface area contributed by atoms with Crippen molar-refractivity contribution < 1.29 is 9.53 Å². The van der Waals surface area contributed by atoms with E-state index in [2.05, 4.69) is 23.6 Å². The summed E-state index contributed by atoms with van der Waals surface area (Å²) >= 11 is 0. The van der Waals surface area contributed by atoms with Gasteiger partial charge in [0.2, 0.25) is 0 Å². The van der Waals surface area contributed by atoms with Crippen molar-refractivity contribution in [3.05, 3.63) is 35.4 Å². The summed E-state index contributed by atoms with van der Waals surface area (Å²) in [5, 5.41) is 15.1. The first-order chi connectivity index (χ1) is 10.3. The number of hydrogen-bond acceptors (Lipinski definition) is 4. The standard InChI is InChI=1S/C17H23N3O2/c1-11(13-7-5-12(10-18)6-8-13)19-14-9-15(14)20-16(21)22-17(2,3)4/h5-8,11,14-15,19H,9H2,1-4H3,(H,20,21). The van der Waals surface area contributed by atoms with Crippen molar-refractivity contribution in [2.45, 2.75) is 57.8 Å². The minimum atomic E-state index is -0.475. The molecule has 22 heavy (non-hydrogen) atoms. The van der Waals surface area contributed by atoms with Gasteiger partial charge in [0.05, 0.1) is 11.6 Å². The summed E-state index contributed by atoms with van der Waals surface area (Å²) in [5.41, 5.74) is 1.31. The normalized spacial score (nSPS) is 21.6. The molecule has 5 heteroatoms. The smallest absolute Gasteiger partial charge is 0.407 e. The van der Waals surface area contributed by atoms with Crippen LogP contribution in [0.3, 0.4) is 0 Å². The number of benzene rings is 1. The SMILES string of the molecule is CC(NC1CC1NC(=O)OC(C)(C)C)c1ccc(C#N)cc1. The van der Waals surface area contributed by atoms with E-state index in [1.54, 1.807) is 0 Å². The van der Waals surface area contributed by atoms with Gasteiger partial charge in [-0.25, -0.2) is 4.79 Å². The van der Waals surface area contributed by atoms with E-state index in [0.29, 0.717) is 5.56 Å². The molecular weight excluding hydrogens is 278 g/mol. The number of nitrogens with zero attached hydrogens (tertiary/aromatic N) is 1. The Morgan fingerprint density at radius 3 is 2.50 bits per heavy atom. The van der Waals surface area contributed by atoms with Gasteiger partial charge < -0.3 is 15.4 Å². The van der Waals surface area contributed by atoms with Gasteiger partial charge in [-0.05, 0) is 51.8 Å². The molecule has 1 saturated carbocycles. The molecule has 0 heterocycles. The summed E-state index contributed by atoms with van der Waals surface area (Å²) < 4.78 is 5.24. The lowest BCUT2D eigenvalue weighted by Crippen LogP contribution is -2.37. The summed E-state index contributed by atoms with van der Waals surface area (Å²) in [6.07, 6.45) is 0.535. The zero-order valence-electron chi connectivity index (χ0n) is 13.5. The number of alkyl carbamates (subject to hydrolysis) is 1. The molecule has 0 bridgehead atoms. The maximum Gasteiger partial charge on any atom is 0.407 e. The van der Waals surface area contributed by atoms with Crippen LogP contribution in [0, 0.1) is 11.3 Å². The zero-order chi connectivity index (χ0) is 16.3. The second-order valence-corrected chi connectivity index (χ2v) is 6.72. The van der Waals surface area contributed by atoms with Gasteiger partial charge in [0.1, 0.15) is 5.60 Å². The van der Waals surface area contributed by atoms with Crippen LogP contribution in [0.1, 0.15) is 51.3 Å². The first-order valence-electron chi connectivity index (χ1n) is 7.54. The molecule has 3 unspecified atom stereocenters. The fourth-order valence-corrected chi connectivity index (χ4v) is 2.26. The van der Waals surface area contributed by atoms with Crippen molar-refractivity contribution >= 4 is 6.09 Å². The molecule has 1 amide bonds. The minimum absolute atomic E-state index is 0.121. The van der Waals surface area contributed by atoms with E-state index >= 15 is 0 Å². The quantitative estimate of drug-likeness (QED) is 0.896. The van der Waals surface area contributed by atoms with Gasteiger partial charge in [0.15, 0.2) is 0 Å². The van der Waals surface area contributed by atoms with Crippen molar-refractivity contribution in [3.63, 3.8) is 0 Å². The summed E-state index contributed by atoms with van der Waals surface area (Å²) in [6, 6.07) is 10.2. The molecule has 1 fully saturated rings. The maximum atomic E-state index is 11.7. The second-order valence-electron chi connectivity index (χ2n) is 6.72. The van der Waals surface area contributed by atoms with Crippen LogP contribution in [-0.4, -0.2) is 23.8 Å². The molecule has 2 rings (SSSR count). The number of rotatable bonds is 4. The van der Waals surface area contributed by atoms with Gasteiger partial charge in [0.25, 0.3) is 0 Å². The third-order valence-corrected chi connectivity index (χ3v) is 3.50. The van der Waals surface area contributed by atoms with Crippen LogP contribution < -0.4 is 10.6 Å². The number of hydrogen-bond donors (Lipinski definition) is 2. The molecule has 0 spiro atoms. The Hall–Kier alpha value is -2.06. The lowest BCUT2D eigenvalue weighted by atomic mass is 10.1. The fourth-order valence-electron chi connectivity index (χ4n) is 2.26. The van der Waals surface area contributed by atoms with Crippen LogP contribution >= 0.6 is 0 Å². The number of ether oxygens (including phenoxy) is 1. The Morgan fingerprint density at radius 2 is 1.95 bits per heavy atom. The number of carbonyl (C=O) groups is 1. The van der Waals surface area contributed by atoms with Crippen LogP contribution in [0.4, 0.5) is 4.79 Å². The van der Waals surface area contributed by atoms with E-state index in [1.807, 2.05) is 45.0 Å². The first-order valence-corrected chi connectivity index (χ1v) is 7.54. The molecule has 0 aromatic heterocycles. The summed E-state index contributed by atoms with van der Waals surface area (Å²) in [6.45, 7) is 7.62. The molecule has 1 aromatic carbocycles. The lowest BCUT2D eigenvalue weighted by Gasteiger charge is -2.20. The molecule has 118 valence electrons. The Balaban J connectivity index is 1.78. The molecule has 5 nitrogen and oxygen atoms in total. The average molecular weight is 301 g/mol. The summed E-state index contributed by atoms with van der Waals surface area (Å²) in [4.78, 5) is 11.7. The van der Waals surface area contributed by atoms with Crippen LogP contribution in [0.25, 0.3) is 0 Å². The third kappa shape index (κ3) is 4.74. The van der Waals surface area contributed by atoms with Crippen molar-refractivity contribution in [2.24, 2.45) is 0 Å². The van der Waals surface area contributed by atoms with Gasteiger partial charge in [-0.3, -0.25) is 0 Å². The Kier molecular flexibility index (Phi) is 4.72. The largest absolute Gasteiger partial charge is 0.444 e. The number of nitrogens with one attached hydrogen (secondary N) is 2. The van der Waals surface area contributed by atoms with Crippen molar-refractivity contribution in [1.82, 2.24) is 10.6 Å². The molecule has 0 aliphatic heterocycles. The van der Waals surface area contributed by atoms with E-state index in [9.17, 15) is 4.79 Å². The second kappa shape index (κ2) is 6.37. The van der Waals surface area contributed by atoms with Gasteiger partial charge in [-0.1, -0.05) is 12.1 Å². The number of amides is 1. The van der Waals surface area contributed by atoms with E-state index < -0.39 is 5.60 Å². The van der Waals surface area contributed by atoms with Crippen molar-refractivity contribution in [3.8, 4) is 6.07 Å². The van der Waals surface area contributed by atoms with Crippen LogP contribution in [0.15, 0.2) is 24.3 Å². The van der Waals surface area contributed by atoms with Crippen LogP contribution in [-0.2, 0) is 4.74 Å². The Bertz CT molecular complexity index is 569. The summed E-state index contributed by atoms with van der Waals surface area (Å²) in [7, 11) is 0. The highest BCUT2D eigenvalue weighted by Gasteiger charge is 2.39. The molecule has 0 saturated heterocycles. The van der Waals surface area contributed by atoms with Crippen molar-refractivity contribution in [1.29, 1.82) is 5.26 Å². The highest BCUT2D eigenvalue weighted by Crippen LogP contribution is 2.26. The van der Waals surface area contributed by atoms with Crippen LogP contribution in [0.2, 0.25) is 0 Å². The summed E-state index contributed by atoms with van der Waals surface area (Å²) in [5.74, 6) is 0. The first kappa shape index (κ1) is 16.3. The molecule has 2 N–H and O–H groups in total. The molecule has 0 radical (unpaired) electrons. The molecule has 1 aliphatic carbocycles. The maximum absolute atomic E-state index is 11.7. The lowest BCUT2D eigenvalue weighted by molar-refractivity contribution is 0.0522. The Labute approximate surface area is 131 Å². The molecular formula is C17H23N3O2. The molecule has 3 atom stereocenters. The van der Waals surface area contributed by atoms with Crippen molar-refractivity contribution in [2.75, 3.05) is 0 Å². The van der Waals surface area contributed by atoms with E-state index in [0.717, 1.165) is 12.0 Å².